The fourth-order valence-electron chi connectivity index (χ4n) is 4.58. The van der Waals surface area contributed by atoms with Crippen LogP contribution in [0.2, 0.25) is 0 Å². The zero-order valence-electron chi connectivity index (χ0n) is 17.1. The number of ether oxygens (including phenoxy) is 3. The maximum Gasteiger partial charge on any atom is 0.272 e. The van der Waals surface area contributed by atoms with Crippen molar-refractivity contribution in [1.29, 1.82) is 0 Å². The van der Waals surface area contributed by atoms with Crippen LogP contribution >= 0.6 is 0 Å². The molecule has 0 atom stereocenters. The number of nitrogens with zero attached hydrogens (tertiary/aromatic N) is 3. The van der Waals surface area contributed by atoms with Crippen LogP contribution in [0, 0.1) is 0 Å². The molecule has 0 aliphatic carbocycles. The van der Waals surface area contributed by atoms with E-state index in [9.17, 15) is 4.79 Å². The average Bonchev–Trinajstić information content (AvgIpc) is 3.26. The first-order valence-electron chi connectivity index (χ1n) is 10.1. The molecule has 1 aromatic carbocycles. The van der Waals surface area contributed by atoms with Crippen LogP contribution in [0.3, 0.4) is 0 Å². The molecule has 2 aromatic heterocycles. The number of likely N-dealkylation sites (tertiary alicyclic amines) is 1. The molecule has 1 fully saturated rings. The molecule has 30 heavy (non-hydrogen) atoms. The number of methoxy groups -OCH3 is 2. The summed E-state index contributed by atoms with van der Waals surface area (Å²) in [5, 5.41) is 7.68. The lowest BCUT2D eigenvalue weighted by Crippen LogP contribution is -2.48. The zero-order chi connectivity index (χ0) is 20.7. The second-order valence-corrected chi connectivity index (χ2v) is 7.75. The van der Waals surface area contributed by atoms with Crippen molar-refractivity contribution in [3.05, 3.63) is 47.3 Å². The van der Waals surface area contributed by atoms with E-state index in [2.05, 4.69) is 21.2 Å². The van der Waals surface area contributed by atoms with E-state index in [1.54, 1.807) is 26.5 Å². The predicted molar refractivity (Wildman–Crippen MR) is 110 cm³/mol. The highest BCUT2D eigenvalue weighted by atomic mass is 16.5. The van der Waals surface area contributed by atoms with Crippen molar-refractivity contribution in [1.82, 2.24) is 20.1 Å². The Kier molecular flexibility index (Phi) is 4.58. The maximum absolute atomic E-state index is 13.0. The summed E-state index contributed by atoms with van der Waals surface area (Å²) >= 11 is 0. The fourth-order valence-corrected chi connectivity index (χ4v) is 4.58. The molecule has 0 bridgehead atoms. The number of aromatic nitrogens is 3. The van der Waals surface area contributed by atoms with Crippen molar-refractivity contribution < 1.29 is 19.0 Å². The van der Waals surface area contributed by atoms with Crippen LogP contribution in [-0.4, -0.2) is 59.9 Å². The third kappa shape index (κ3) is 2.99. The van der Waals surface area contributed by atoms with E-state index in [4.69, 9.17) is 14.2 Å². The Hall–Kier alpha value is -3.13. The van der Waals surface area contributed by atoms with Crippen LogP contribution in [0.15, 0.2) is 30.5 Å². The molecule has 2 aliphatic rings. The molecule has 156 valence electrons. The minimum atomic E-state index is -0.398. The molecule has 5 rings (SSSR count). The SMILES string of the molecule is COc1cc2c(cc1OC)C1(CCN(C(=O)c3ccc4cn[nH]c4n3)CC1)OCC2. The van der Waals surface area contributed by atoms with Gasteiger partial charge in [-0.05, 0) is 54.7 Å². The number of nitrogens with one attached hydrogen (secondary N) is 1. The van der Waals surface area contributed by atoms with Crippen LogP contribution in [0.5, 0.6) is 11.5 Å². The van der Waals surface area contributed by atoms with E-state index >= 15 is 0 Å². The lowest BCUT2D eigenvalue weighted by molar-refractivity contribution is -0.0936. The quantitative estimate of drug-likeness (QED) is 0.717. The van der Waals surface area contributed by atoms with Crippen molar-refractivity contribution in [2.45, 2.75) is 24.9 Å². The van der Waals surface area contributed by atoms with E-state index in [1.807, 2.05) is 17.0 Å². The molecule has 0 radical (unpaired) electrons. The first kappa shape index (κ1) is 18.9. The number of benzene rings is 1. The Morgan fingerprint density at radius 1 is 1.17 bits per heavy atom. The van der Waals surface area contributed by atoms with Gasteiger partial charge in [0.2, 0.25) is 0 Å². The molecule has 3 aromatic rings. The molecular weight excluding hydrogens is 384 g/mol. The summed E-state index contributed by atoms with van der Waals surface area (Å²) in [6, 6.07) is 7.72. The van der Waals surface area contributed by atoms with Crippen molar-refractivity contribution >= 4 is 16.9 Å². The highest BCUT2D eigenvalue weighted by Crippen LogP contribution is 2.45. The number of rotatable bonds is 3. The number of piperidine rings is 1. The Morgan fingerprint density at radius 2 is 1.93 bits per heavy atom. The van der Waals surface area contributed by atoms with E-state index in [0.717, 1.165) is 36.0 Å². The highest BCUT2D eigenvalue weighted by Gasteiger charge is 2.42. The molecule has 1 amide bonds. The van der Waals surface area contributed by atoms with Gasteiger partial charge in [0.05, 0.1) is 32.6 Å². The summed E-state index contributed by atoms with van der Waals surface area (Å²) in [5.41, 5.74) is 3.03. The van der Waals surface area contributed by atoms with Gasteiger partial charge >= 0.3 is 0 Å². The van der Waals surface area contributed by atoms with Gasteiger partial charge in [-0.1, -0.05) is 0 Å². The summed E-state index contributed by atoms with van der Waals surface area (Å²) in [4.78, 5) is 19.3. The monoisotopic (exact) mass is 408 g/mol. The van der Waals surface area contributed by atoms with Gasteiger partial charge in [0.25, 0.3) is 5.91 Å². The fraction of sp³-hybridized carbons (Fsp3) is 0.409. The zero-order valence-corrected chi connectivity index (χ0v) is 17.1. The number of fused-ring (bicyclic) bond motifs is 3. The molecule has 0 unspecified atom stereocenters. The van der Waals surface area contributed by atoms with E-state index in [1.165, 1.54) is 5.56 Å². The van der Waals surface area contributed by atoms with Gasteiger partial charge < -0.3 is 19.1 Å². The average molecular weight is 408 g/mol. The van der Waals surface area contributed by atoms with Crippen LogP contribution in [-0.2, 0) is 16.8 Å². The molecule has 8 nitrogen and oxygen atoms in total. The third-order valence-corrected chi connectivity index (χ3v) is 6.23. The van der Waals surface area contributed by atoms with Gasteiger partial charge in [-0.25, -0.2) is 4.98 Å². The minimum Gasteiger partial charge on any atom is -0.493 e. The Labute approximate surface area is 174 Å². The highest BCUT2D eigenvalue weighted by molar-refractivity contribution is 5.94. The topological polar surface area (TPSA) is 89.6 Å². The number of pyridine rings is 1. The van der Waals surface area contributed by atoms with Crippen LogP contribution < -0.4 is 9.47 Å². The number of H-pyrrole nitrogens is 1. The van der Waals surface area contributed by atoms with Gasteiger partial charge in [0.1, 0.15) is 5.69 Å². The first-order chi connectivity index (χ1) is 14.6. The van der Waals surface area contributed by atoms with E-state index < -0.39 is 5.60 Å². The van der Waals surface area contributed by atoms with E-state index in [0.29, 0.717) is 36.8 Å². The Bertz CT molecular complexity index is 1100. The van der Waals surface area contributed by atoms with E-state index in [-0.39, 0.29) is 5.91 Å². The normalized spacial score (nSPS) is 17.7. The van der Waals surface area contributed by atoms with Gasteiger partial charge in [-0.15, -0.1) is 0 Å². The van der Waals surface area contributed by atoms with Crippen LogP contribution in [0.1, 0.15) is 34.5 Å². The second kappa shape index (κ2) is 7.28. The maximum atomic E-state index is 13.0. The smallest absolute Gasteiger partial charge is 0.272 e. The number of hydrogen-bond donors (Lipinski definition) is 1. The number of amides is 1. The van der Waals surface area contributed by atoms with Crippen molar-refractivity contribution in [2.75, 3.05) is 33.9 Å². The number of carbonyl (C=O) groups excluding carboxylic acids is 1. The predicted octanol–water partition coefficient (Wildman–Crippen LogP) is 2.68. The molecule has 1 spiro atoms. The van der Waals surface area contributed by atoms with Crippen LogP contribution in [0.4, 0.5) is 0 Å². The number of carbonyl (C=O) groups is 1. The first-order valence-corrected chi connectivity index (χ1v) is 10.1. The van der Waals surface area contributed by atoms with Crippen LogP contribution in [0.25, 0.3) is 11.0 Å². The lowest BCUT2D eigenvalue weighted by Gasteiger charge is -2.45. The second-order valence-electron chi connectivity index (χ2n) is 7.75. The van der Waals surface area contributed by atoms with Crippen molar-refractivity contribution in [3.63, 3.8) is 0 Å². The molecule has 0 saturated carbocycles. The summed E-state index contributed by atoms with van der Waals surface area (Å²) in [6.45, 7) is 1.87. The largest absolute Gasteiger partial charge is 0.493 e. The summed E-state index contributed by atoms with van der Waals surface area (Å²) in [5.74, 6) is 1.38. The standard InChI is InChI=1S/C22H24N4O4/c1-28-18-11-14-5-10-30-22(16(14)12-19(18)29-2)6-8-26(9-7-22)21(27)17-4-3-15-13-23-25-20(15)24-17/h3-4,11-13H,5-10H2,1-2H3,(H,23,24,25). The van der Waals surface area contributed by atoms with Gasteiger partial charge in [-0.3, -0.25) is 9.89 Å². The van der Waals surface area contributed by atoms with Crippen molar-refractivity contribution in [2.24, 2.45) is 0 Å². The molecule has 1 N–H and O–H groups in total. The Balaban J connectivity index is 1.38. The molecule has 2 aliphatic heterocycles. The summed E-state index contributed by atoms with van der Waals surface area (Å²) in [7, 11) is 3.30. The lowest BCUT2D eigenvalue weighted by atomic mass is 9.79. The Morgan fingerprint density at radius 3 is 2.70 bits per heavy atom. The molecule has 1 saturated heterocycles. The number of aromatic amines is 1. The molecule has 8 heteroatoms. The van der Waals surface area contributed by atoms with Gasteiger partial charge in [-0.2, -0.15) is 5.10 Å². The molecular formula is C22H24N4O4. The van der Waals surface area contributed by atoms with Crippen molar-refractivity contribution in [3.8, 4) is 11.5 Å². The number of hydrogen-bond acceptors (Lipinski definition) is 6. The minimum absolute atomic E-state index is 0.0651. The summed E-state index contributed by atoms with van der Waals surface area (Å²) in [6.07, 6.45) is 4.00. The van der Waals surface area contributed by atoms with Gasteiger partial charge in [0.15, 0.2) is 17.1 Å². The summed E-state index contributed by atoms with van der Waals surface area (Å²) < 4.78 is 17.3. The molecule has 4 heterocycles. The van der Waals surface area contributed by atoms with Gasteiger partial charge in [0, 0.05) is 18.5 Å². The third-order valence-electron chi connectivity index (χ3n) is 6.23.